The first-order valence-electron chi connectivity index (χ1n) is 18.3. The number of para-hydroxylation sites is 3. The van der Waals surface area contributed by atoms with E-state index < -0.39 is 0 Å². The minimum atomic E-state index is -0.227. The van der Waals surface area contributed by atoms with Gasteiger partial charge in [0.15, 0.2) is 5.82 Å². The Hall–Kier alpha value is -6.78. The van der Waals surface area contributed by atoms with Crippen molar-refractivity contribution >= 4 is 43.6 Å². The van der Waals surface area contributed by atoms with Crippen LogP contribution >= 0.6 is 0 Å². The number of fused-ring (bicyclic) bond motifs is 9. The van der Waals surface area contributed by atoms with Gasteiger partial charge in [0.1, 0.15) is 0 Å². The van der Waals surface area contributed by atoms with Gasteiger partial charge < -0.3 is 9.13 Å². The molecule has 7 aromatic carbocycles. The van der Waals surface area contributed by atoms with Crippen molar-refractivity contribution in [3.8, 4) is 45.3 Å². The molecule has 1 aliphatic carbocycles. The van der Waals surface area contributed by atoms with Gasteiger partial charge in [-0.3, -0.25) is 0 Å². The molecule has 53 heavy (non-hydrogen) atoms. The summed E-state index contributed by atoms with van der Waals surface area (Å²) < 4.78 is 4.80. The fourth-order valence-electron chi connectivity index (χ4n) is 8.90. The van der Waals surface area contributed by atoms with Crippen LogP contribution in [0.4, 0.5) is 0 Å². The molecule has 0 saturated heterocycles. The van der Waals surface area contributed by atoms with Crippen LogP contribution in [0.1, 0.15) is 25.0 Å². The molecular formula is C49H34N4. The first kappa shape index (κ1) is 29.9. The number of aromatic nitrogens is 4. The summed E-state index contributed by atoms with van der Waals surface area (Å²) in [5.41, 5.74) is 14.5. The minimum absolute atomic E-state index is 0.227. The van der Waals surface area contributed by atoms with Crippen LogP contribution in [0.5, 0.6) is 0 Å². The Kier molecular flexibility index (Phi) is 6.27. The first-order valence-corrected chi connectivity index (χ1v) is 18.3. The van der Waals surface area contributed by atoms with Crippen molar-refractivity contribution in [3.05, 3.63) is 181 Å². The Morgan fingerprint density at radius 3 is 1.64 bits per heavy atom. The Morgan fingerprint density at radius 2 is 0.943 bits per heavy atom. The number of rotatable bonds is 4. The van der Waals surface area contributed by atoms with Crippen LogP contribution in [0.25, 0.3) is 88.9 Å². The smallest absolute Gasteiger partial charge is 0.160 e. The maximum Gasteiger partial charge on any atom is 0.160 e. The molecule has 1 aliphatic rings. The van der Waals surface area contributed by atoms with E-state index in [1.165, 1.54) is 60.3 Å². The van der Waals surface area contributed by atoms with Crippen molar-refractivity contribution in [2.45, 2.75) is 19.3 Å². The zero-order chi connectivity index (χ0) is 35.3. The molecule has 0 radical (unpaired) electrons. The molecule has 10 aromatic rings. The van der Waals surface area contributed by atoms with Crippen LogP contribution in [0.3, 0.4) is 0 Å². The number of benzene rings is 7. The van der Waals surface area contributed by atoms with Gasteiger partial charge in [-0.05, 0) is 54.1 Å². The molecule has 4 heteroatoms. The highest BCUT2D eigenvalue weighted by Gasteiger charge is 2.40. The number of nitrogens with zero attached hydrogens (tertiary/aromatic N) is 4. The second-order valence-corrected chi connectivity index (χ2v) is 14.6. The van der Waals surface area contributed by atoms with Gasteiger partial charge in [0.25, 0.3) is 0 Å². The summed E-state index contributed by atoms with van der Waals surface area (Å²) in [5, 5.41) is 4.91. The Bertz CT molecular complexity index is 3080. The van der Waals surface area contributed by atoms with Gasteiger partial charge in [0, 0.05) is 60.6 Å². The molecule has 250 valence electrons. The molecule has 0 spiro atoms. The number of hydrogen-bond donors (Lipinski definition) is 0. The molecule has 0 amide bonds. The van der Waals surface area contributed by atoms with Crippen molar-refractivity contribution in [1.29, 1.82) is 0 Å². The van der Waals surface area contributed by atoms with E-state index in [2.05, 4.69) is 193 Å². The highest BCUT2D eigenvalue weighted by atomic mass is 15.0. The molecule has 3 heterocycles. The summed E-state index contributed by atoms with van der Waals surface area (Å²) >= 11 is 0. The zero-order valence-corrected chi connectivity index (χ0v) is 29.5. The summed E-state index contributed by atoms with van der Waals surface area (Å²) in [6, 6.07) is 60.9. The van der Waals surface area contributed by atoms with Crippen LogP contribution < -0.4 is 0 Å². The van der Waals surface area contributed by atoms with Gasteiger partial charge in [0.2, 0.25) is 0 Å². The highest BCUT2D eigenvalue weighted by Crippen LogP contribution is 2.51. The second kappa shape index (κ2) is 11.1. The van der Waals surface area contributed by atoms with Gasteiger partial charge in [-0.15, -0.1) is 0 Å². The van der Waals surface area contributed by atoms with Crippen molar-refractivity contribution in [1.82, 2.24) is 19.1 Å². The third-order valence-electron chi connectivity index (χ3n) is 11.3. The lowest BCUT2D eigenvalue weighted by Gasteiger charge is -2.23. The van der Waals surface area contributed by atoms with Gasteiger partial charge in [-0.2, -0.15) is 0 Å². The lowest BCUT2D eigenvalue weighted by Crippen LogP contribution is -2.17. The maximum atomic E-state index is 5.39. The average Bonchev–Trinajstić information content (AvgIpc) is 3.80. The molecule has 4 nitrogen and oxygen atoms in total. The molecule has 11 rings (SSSR count). The van der Waals surface area contributed by atoms with Crippen molar-refractivity contribution in [2.75, 3.05) is 0 Å². The predicted molar refractivity (Wildman–Crippen MR) is 219 cm³/mol. The van der Waals surface area contributed by atoms with E-state index in [0.29, 0.717) is 0 Å². The van der Waals surface area contributed by atoms with Gasteiger partial charge in [0.05, 0.1) is 33.5 Å². The van der Waals surface area contributed by atoms with Crippen molar-refractivity contribution in [2.24, 2.45) is 0 Å². The Balaban J connectivity index is 1.16. The molecule has 0 N–H and O–H groups in total. The zero-order valence-electron chi connectivity index (χ0n) is 29.5. The summed E-state index contributed by atoms with van der Waals surface area (Å²) in [6.45, 7) is 4.59. The molecule has 0 saturated carbocycles. The van der Waals surface area contributed by atoms with Crippen LogP contribution in [0.2, 0.25) is 0 Å². The molecule has 0 aliphatic heterocycles. The summed E-state index contributed by atoms with van der Waals surface area (Å²) in [7, 11) is 0. The first-order chi connectivity index (χ1) is 26.1. The van der Waals surface area contributed by atoms with Crippen molar-refractivity contribution in [3.63, 3.8) is 0 Å². The monoisotopic (exact) mass is 678 g/mol. The van der Waals surface area contributed by atoms with E-state index in [4.69, 9.17) is 9.97 Å². The van der Waals surface area contributed by atoms with Crippen LogP contribution in [-0.2, 0) is 5.41 Å². The Morgan fingerprint density at radius 1 is 0.415 bits per heavy atom. The fourth-order valence-corrected chi connectivity index (χ4v) is 8.90. The predicted octanol–water partition coefficient (Wildman–Crippen LogP) is 12.3. The van der Waals surface area contributed by atoms with E-state index in [0.717, 1.165) is 39.7 Å². The van der Waals surface area contributed by atoms with Crippen molar-refractivity contribution < 1.29 is 0 Å². The molecular weight excluding hydrogens is 645 g/mol. The maximum absolute atomic E-state index is 5.39. The fraction of sp³-hybridized carbons (Fsp3) is 0.0612. The standard InChI is InChI=1S/C49H34N4/c1-49(2)40-25-12-9-24-37(40)47-45(49)46(31-16-5-3-6-17-31)50-48(51-47)32-18-15-21-34(28-32)53-42-27-14-11-23-36(42)39-29-43-38(30-44(39)53)35-22-10-13-26-41(35)52(43)33-19-7-4-8-20-33/h3-30H,1-2H3. The SMILES string of the molecule is CC1(C)c2ccccc2-c2nc(-c3cccc(-n4c5ccccc5c5cc6c(cc54)c4ccccc4n6-c4ccccc4)c3)nc(-c3ccccc3)c21. The molecule has 0 fully saturated rings. The average molecular weight is 679 g/mol. The second-order valence-electron chi connectivity index (χ2n) is 14.6. The lowest BCUT2D eigenvalue weighted by atomic mass is 9.81. The molecule has 3 aromatic heterocycles. The van der Waals surface area contributed by atoms with E-state index >= 15 is 0 Å². The van der Waals surface area contributed by atoms with Crippen LogP contribution in [0, 0.1) is 0 Å². The van der Waals surface area contributed by atoms with E-state index in [1.807, 2.05) is 0 Å². The van der Waals surface area contributed by atoms with E-state index in [-0.39, 0.29) is 5.41 Å². The topological polar surface area (TPSA) is 35.6 Å². The molecule has 0 unspecified atom stereocenters. The van der Waals surface area contributed by atoms with E-state index in [9.17, 15) is 0 Å². The quantitative estimate of drug-likeness (QED) is 0.186. The third-order valence-corrected chi connectivity index (χ3v) is 11.3. The number of hydrogen-bond acceptors (Lipinski definition) is 2. The van der Waals surface area contributed by atoms with Crippen LogP contribution in [0.15, 0.2) is 170 Å². The van der Waals surface area contributed by atoms with Gasteiger partial charge in [-0.1, -0.05) is 135 Å². The van der Waals surface area contributed by atoms with Crippen LogP contribution in [-0.4, -0.2) is 19.1 Å². The van der Waals surface area contributed by atoms with E-state index in [1.54, 1.807) is 0 Å². The summed E-state index contributed by atoms with van der Waals surface area (Å²) in [6.07, 6.45) is 0. The molecule has 0 bridgehead atoms. The largest absolute Gasteiger partial charge is 0.309 e. The van der Waals surface area contributed by atoms with Gasteiger partial charge in [-0.25, -0.2) is 9.97 Å². The highest BCUT2D eigenvalue weighted by molar-refractivity contribution is 6.19. The normalized spacial score (nSPS) is 13.2. The summed E-state index contributed by atoms with van der Waals surface area (Å²) in [5.74, 6) is 0.728. The Labute approximate surface area is 307 Å². The lowest BCUT2D eigenvalue weighted by molar-refractivity contribution is 0.658. The minimum Gasteiger partial charge on any atom is -0.309 e. The van der Waals surface area contributed by atoms with Gasteiger partial charge >= 0.3 is 0 Å². The molecule has 0 atom stereocenters. The summed E-state index contributed by atoms with van der Waals surface area (Å²) in [4.78, 5) is 10.8. The third kappa shape index (κ3) is 4.30.